The summed E-state index contributed by atoms with van der Waals surface area (Å²) < 4.78 is 30.6. The molecule has 1 aliphatic carbocycles. The monoisotopic (exact) mass is 506 g/mol. The number of aromatic nitrogens is 2. The maximum atomic E-state index is 12.9. The highest BCUT2D eigenvalue weighted by Gasteiger charge is 2.29. The normalized spacial score (nSPS) is 17.9. The maximum absolute atomic E-state index is 12.9. The summed E-state index contributed by atoms with van der Waals surface area (Å²) in [5.41, 5.74) is 6.06. The third-order valence-electron chi connectivity index (χ3n) is 6.57. The molecule has 0 saturated heterocycles. The SMILES string of the molecule is CC(=O)Nc1ccc(S(=O)(=O)NC2C=CC(c3c(C)nn(-c4ccc(C(C)(C)C)cc4)c3C)C2)cc1. The van der Waals surface area contributed by atoms with Gasteiger partial charge in [0.1, 0.15) is 0 Å². The minimum atomic E-state index is -3.70. The predicted octanol–water partition coefficient (Wildman–Crippen LogP) is 5.14. The molecule has 0 saturated carbocycles. The minimum absolute atomic E-state index is 0.0717. The molecular weight excluding hydrogens is 472 g/mol. The lowest BCUT2D eigenvalue weighted by Gasteiger charge is -2.19. The standard InChI is InChI=1S/C28H34N4O3S/c1-18-27(19(2)32(30-18)25-13-8-22(9-14-25)28(4,5)6)21-7-10-24(17-21)31-36(34,35)26-15-11-23(12-16-26)29-20(3)33/h7-16,21,24,31H,17H2,1-6H3,(H,29,33). The second kappa shape index (κ2) is 9.67. The molecule has 0 fully saturated rings. The summed E-state index contributed by atoms with van der Waals surface area (Å²) in [7, 11) is -3.70. The molecule has 0 radical (unpaired) electrons. The number of rotatable bonds is 6. The van der Waals surface area contributed by atoms with E-state index in [1.54, 1.807) is 12.1 Å². The zero-order valence-electron chi connectivity index (χ0n) is 21.7. The fourth-order valence-electron chi connectivity index (χ4n) is 4.73. The van der Waals surface area contributed by atoms with E-state index in [-0.39, 0.29) is 28.2 Å². The Labute approximate surface area is 213 Å². The van der Waals surface area contributed by atoms with Crippen molar-refractivity contribution in [2.75, 3.05) is 5.32 Å². The van der Waals surface area contributed by atoms with Crippen molar-refractivity contribution < 1.29 is 13.2 Å². The molecule has 1 aromatic heterocycles. The van der Waals surface area contributed by atoms with Crippen molar-refractivity contribution in [2.24, 2.45) is 0 Å². The molecule has 0 spiro atoms. The molecule has 1 aliphatic rings. The Morgan fingerprint density at radius 1 is 1.00 bits per heavy atom. The molecule has 0 bridgehead atoms. The summed E-state index contributed by atoms with van der Waals surface area (Å²) in [6.07, 6.45) is 4.61. The van der Waals surface area contributed by atoms with Crippen molar-refractivity contribution in [3.05, 3.63) is 83.2 Å². The molecule has 1 heterocycles. The first-order chi connectivity index (χ1) is 16.8. The van der Waals surface area contributed by atoms with E-state index in [1.807, 2.05) is 17.7 Å². The van der Waals surface area contributed by atoms with Crippen molar-refractivity contribution in [2.45, 2.75) is 70.2 Å². The van der Waals surface area contributed by atoms with Crippen molar-refractivity contribution in [1.82, 2.24) is 14.5 Å². The molecule has 2 aromatic carbocycles. The highest BCUT2D eigenvalue weighted by atomic mass is 32.2. The van der Waals surface area contributed by atoms with Gasteiger partial charge in [0.05, 0.1) is 16.3 Å². The molecule has 190 valence electrons. The van der Waals surface area contributed by atoms with Crippen LogP contribution in [0.1, 0.15) is 62.5 Å². The van der Waals surface area contributed by atoms with Gasteiger partial charge >= 0.3 is 0 Å². The molecule has 2 N–H and O–H groups in total. The number of sulfonamides is 1. The van der Waals surface area contributed by atoms with E-state index in [1.165, 1.54) is 24.6 Å². The largest absolute Gasteiger partial charge is 0.326 e. The van der Waals surface area contributed by atoms with Crippen LogP contribution in [-0.2, 0) is 20.2 Å². The number of hydrogen-bond donors (Lipinski definition) is 2. The topological polar surface area (TPSA) is 93.1 Å². The number of carbonyl (C=O) groups excluding carboxylic acids is 1. The van der Waals surface area contributed by atoms with Crippen LogP contribution >= 0.6 is 0 Å². The molecule has 2 atom stereocenters. The van der Waals surface area contributed by atoms with Gasteiger partial charge in [-0.3, -0.25) is 4.79 Å². The number of hydrogen-bond acceptors (Lipinski definition) is 4. The van der Waals surface area contributed by atoms with Crippen molar-refractivity contribution in [3.8, 4) is 5.69 Å². The van der Waals surface area contributed by atoms with Crippen molar-refractivity contribution in [1.29, 1.82) is 0 Å². The van der Waals surface area contributed by atoms with E-state index in [0.717, 1.165) is 22.6 Å². The molecule has 1 amide bonds. The predicted molar refractivity (Wildman–Crippen MR) is 143 cm³/mol. The van der Waals surface area contributed by atoms with Crippen LogP contribution in [0.3, 0.4) is 0 Å². The molecule has 4 rings (SSSR count). The van der Waals surface area contributed by atoms with Crippen LogP contribution in [0.15, 0.2) is 65.6 Å². The number of nitrogens with zero attached hydrogens (tertiary/aromatic N) is 2. The van der Waals surface area contributed by atoms with Gasteiger partial charge in [-0.1, -0.05) is 45.1 Å². The Morgan fingerprint density at radius 2 is 1.64 bits per heavy atom. The third kappa shape index (κ3) is 5.44. The quantitative estimate of drug-likeness (QED) is 0.453. The van der Waals surface area contributed by atoms with Gasteiger partial charge in [0.15, 0.2) is 0 Å². The number of amides is 1. The Kier molecular flexibility index (Phi) is 6.94. The minimum Gasteiger partial charge on any atom is -0.326 e. The number of anilines is 1. The Morgan fingerprint density at radius 3 is 2.22 bits per heavy atom. The van der Waals surface area contributed by atoms with Gasteiger partial charge in [-0.15, -0.1) is 0 Å². The van der Waals surface area contributed by atoms with Gasteiger partial charge < -0.3 is 5.32 Å². The van der Waals surface area contributed by atoms with E-state index >= 15 is 0 Å². The van der Waals surface area contributed by atoms with Gasteiger partial charge in [0, 0.05) is 35.8 Å². The van der Waals surface area contributed by atoms with Crippen molar-refractivity contribution in [3.63, 3.8) is 0 Å². The summed E-state index contributed by atoms with van der Waals surface area (Å²) in [5, 5.41) is 7.45. The van der Waals surface area contributed by atoms with E-state index in [2.05, 4.69) is 68.1 Å². The van der Waals surface area contributed by atoms with E-state index in [4.69, 9.17) is 5.10 Å². The highest BCUT2D eigenvalue weighted by Crippen LogP contribution is 2.34. The van der Waals surface area contributed by atoms with Gasteiger partial charge in [-0.05, 0) is 67.6 Å². The Hall–Kier alpha value is -3.23. The van der Waals surface area contributed by atoms with Crippen molar-refractivity contribution >= 4 is 21.6 Å². The second-order valence-corrected chi connectivity index (χ2v) is 12.2. The average Bonchev–Trinajstić information content (AvgIpc) is 3.35. The average molecular weight is 507 g/mol. The van der Waals surface area contributed by atoms with E-state index in [9.17, 15) is 13.2 Å². The van der Waals surface area contributed by atoms with Gasteiger partial charge in [0.2, 0.25) is 15.9 Å². The number of nitrogens with one attached hydrogen (secondary N) is 2. The molecule has 0 aliphatic heterocycles. The molecule has 7 nitrogen and oxygen atoms in total. The highest BCUT2D eigenvalue weighted by molar-refractivity contribution is 7.89. The fraction of sp³-hybridized carbons (Fsp3) is 0.357. The molecule has 3 aromatic rings. The second-order valence-electron chi connectivity index (χ2n) is 10.5. The lowest BCUT2D eigenvalue weighted by molar-refractivity contribution is -0.114. The van der Waals surface area contributed by atoms with Crippen LogP contribution in [-0.4, -0.2) is 30.1 Å². The lowest BCUT2D eigenvalue weighted by atomic mass is 9.87. The molecule has 36 heavy (non-hydrogen) atoms. The van der Waals surface area contributed by atoms with Crippen LogP contribution in [0, 0.1) is 13.8 Å². The summed E-state index contributed by atoms with van der Waals surface area (Å²) in [5.74, 6) is -0.135. The van der Waals surface area contributed by atoms with Gasteiger partial charge in [-0.2, -0.15) is 5.10 Å². The van der Waals surface area contributed by atoms with Crippen LogP contribution in [0.25, 0.3) is 5.69 Å². The summed E-state index contributed by atoms with van der Waals surface area (Å²) in [6, 6.07) is 14.3. The molecular formula is C28H34N4O3S. The zero-order chi connectivity index (χ0) is 26.3. The lowest BCUT2D eigenvalue weighted by Crippen LogP contribution is -2.32. The summed E-state index contributed by atoms with van der Waals surface area (Å²) in [6.45, 7) is 12.1. The van der Waals surface area contributed by atoms with Crippen LogP contribution < -0.4 is 10.0 Å². The van der Waals surface area contributed by atoms with E-state index in [0.29, 0.717) is 12.1 Å². The zero-order valence-corrected chi connectivity index (χ0v) is 22.5. The number of benzene rings is 2. The summed E-state index contributed by atoms with van der Waals surface area (Å²) in [4.78, 5) is 11.4. The van der Waals surface area contributed by atoms with Crippen LogP contribution in [0.5, 0.6) is 0 Å². The van der Waals surface area contributed by atoms with Crippen LogP contribution in [0.4, 0.5) is 5.69 Å². The first-order valence-electron chi connectivity index (χ1n) is 12.1. The number of aryl methyl sites for hydroxylation is 1. The third-order valence-corrected chi connectivity index (χ3v) is 8.08. The first-order valence-corrected chi connectivity index (χ1v) is 13.6. The number of carbonyl (C=O) groups is 1. The summed E-state index contributed by atoms with van der Waals surface area (Å²) >= 11 is 0. The fourth-order valence-corrected chi connectivity index (χ4v) is 5.94. The first kappa shape index (κ1) is 25.9. The van der Waals surface area contributed by atoms with E-state index < -0.39 is 10.0 Å². The smallest absolute Gasteiger partial charge is 0.241 e. The molecule has 2 unspecified atom stereocenters. The number of allylic oxidation sites excluding steroid dienone is 1. The van der Waals surface area contributed by atoms with Gasteiger partial charge in [-0.25, -0.2) is 17.8 Å². The molecule has 8 heteroatoms. The Balaban J connectivity index is 1.48. The maximum Gasteiger partial charge on any atom is 0.241 e. The van der Waals surface area contributed by atoms with Gasteiger partial charge in [0.25, 0.3) is 0 Å². The Bertz CT molecular complexity index is 1400. The van der Waals surface area contributed by atoms with Crippen LogP contribution in [0.2, 0.25) is 0 Å².